The molecule has 0 saturated carbocycles. The molecule has 2 aliphatic rings. The molecule has 3 unspecified atom stereocenters. The Morgan fingerprint density at radius 3 is 2.27 bits per heavy atom. The van der Waals surface area contributed by atoms with Crippen molar-refractivity contribution in [3.05, 3.63) is 82.9 Å². The third-order valence-electron chi connectivity index (χ3n) is 7.45. The molecule has 3 atom stereocenters. The summed E-state index contributed by atoms with van der Waals surface area (Å²) in [4.78, 5) is 0.247. The molecule has 0 spiro atoms. The Kier molecular flexibility index (Phi) is 6.54. The van der Waals surface area contributed by atoms with E-state index in [0.717, 1.165) is 34.4 Å². The lowest BCUT2D eigenvalue weighted by atomic mass is 9.77. The van der Waals surface area contributed by atoms with Crippen LogP contribution >= 0.6 is 0 Å². The molecule has 1 heterocycles. The minimum atomic E-state index is -3.75. The van der Waals surface area contributed by atoms with E-state index in [4.69, 9.17) is 14.2 Å². The molecule has 0 radical (unpaired) electrons. The number of methoxy groups -OCH3 is 3. The molecular weight excluding hydrogens is 488 g/mol. The van der Waals surface area contributed by atoms with Crippen LogP contribution in [0.3, 0.4) is 0 Å². The van der Waals surface area contributed by atoms with Crippen molar-refractivity contribution in [1.82, 2.24) is 0 Å². The van der Waals surface area contributed by atoms with Gasteiger partial charge < -0.3 is 19.5 Å². The van der Waals surface area contributed by atoms with Gasteiger partial charge in [0.15, 0.2) is 11.5 Å². The first-order valence-electron chi connectivity index (χ1n) is 12.2. The predicted octanol–water partition coefficient (Wildman–Crippen LogP) is 5.96. The molecule has 0 fully saturated rings. The van der Waals surface area contributed by atoms with Crippen molar-refractivity contribution >= 4 is 21.4 Å². The maximum Gasteiger partial charge on any atom is 0.261 e. The van der Waals surface area contributed by atoms with Crippen molar-refractivity contribution < 1.29 is 22.6 Å². The molecule has 8 heteroatoms. The van der Waals surface area contributed by atoms with Crippen LogP contribution in [0.25, 0.3) is 0 Å². The van der Waals surface area contributed by atoms with Gasteiger partial charge in [-0.2, -0.15) is 0 Å². The van der Waals surface area contributed by atoms with Crippen LogP contribution in [0.15, 0.2) is 65.6 Å². The average Bonchev–Trinajstić information content (AvgIpc) is 3.39. The lowest BCUT2D eigenvalue weighted by Gasteiger charge is -2.38. The van der Waals surface area contributed by atoms with Crippen molar-refractivity contribution in [2.24, 2.45) is 5.92 Å². The van der Waals surface area contributed by atoms with Crippen molar-refractivity contribution in [2.75, 3.05) is 31.4 Å². The van der Waals surface area contributed by atoms with E-state index in [9.17, 15) is 8.42 Å². The highest BCUT2D eigenvalue weighted by Gasteiger charge is 2.39. The molecule has 7 nitrogen and oxygen atoms in total. The number of hydrogen-bond acceptors (Lipinski definition) is 6. The van der Waals surface area contributed by atoms with Crippen LogP contribution in [0.4, 0.5) is 11.4 Å². The minimum Gasteiger partial charge on any atom is -0.493 e. The summed E-state index contributed by atoms with van der Waals surface area (Å²) in [5, 5.41) is 3.66. The second-order valence-electron chi connectivity index (χ2n) is 9.59. The first kappa shape index (κ1) is 25.0. The van der Waals surface area contributed by atoms with E-state index in [1.54, 1.807) is 39.5 Å². The van der Waals surface area contributed by atoms with Gasteiger partial charge in [-0.25, -0.2) is 8.42 Å². The Hall–Kier alpha value is -3.65. The van der Waals surface area contributed by atoms with Gasteiger partial charge in [0.2, 0.25) is 5.75 Å². The third kappa shape index (κ3) is 4.50. The summed E-state index contributed by atoms with van der Waals surface area (Å²) >= 11 is 0. The Bertz CT molecular complexity index is 1460. The van der Waals surface area contributed by atoms with E-state index in [2.05, 4.69) is 22.2 Å². The Labute approximate surface area is 218 Å². The lowest BCUT2D eigenvalue weighted by Crippen LogP contribution is -2.29. The lowest BCUT2D eigenvalue weighted by molar-refractivity contribution is 0.322. The van der Waals surface area contributed by atoms with Crippen molar-refractivity contribution in [3.8, 4) is 17.2 Å². The number of nitrogens with one attached hydrogen (secondary N) is 2. The number of allylic oxidation sites excluding steroid dienone is 2. The normalized spacial score (nSPS) is 20.0. The number of anilines is 2. The molecule has 2 N–H and O–H groups in total. The van der Waals surface area contributed by atoms with Crippen molar-refractivity contribution in [3.63, 3.8) is 0 Å². The average molecular weight is 521 g/mol. The quantitative estimate of drug-likeness (QED) is 0.374. The summed E-state index contributed by atoms with van der Waals surface area (Å²) in [5.74, 6) is 2.05. The fraction of sp³-hybridized carbons (Fsp3) is 0.310. The summed E-state index contributed by atoms with van der Waals surface area (Å²) < 4.78 is 45.9. The maximum atomic E-state index is 13.3. The number of benzene rings is 3. The number of rotatable bonds is 7. The van der Waals surface area contributed by atoms with E-state index in [1.807, 2.05) is 44.2 Å². The summed E-state index contributed by atoms with van der Waals surface area (Å²) in [7, 11) is 1.06. The Balaban J connectivity index is 1.50. The largest absolute Gasteiger partial charge is 0.493 e. The molecule has 3 aromatic carbocycles. The van der Waals surface area contributed by atoms with Crippen LogP contribution in [-0.2, 0) is 10.0 Å². The fourth-order valence-corrected chi connectivity index (χ4v) is 6.45. The summed E-state index contributed by atoms with van der Waals surface area (Å²) in [6.07, 6.45) is 5.23. The zero-order valence-corrected chi connectivity index (χ0v) is 22.5. The second kappa shape index (κ2) is 9.67. The molecule has 0 bridgehead atoms. The highest BCUT2D eigenvalue weighted by Crippen LogP contribution is 2.52. The van der Waals surface area contributed by atoms with Gasteiger partial charge in [0.25, 0.3) is 10.0 Å². The van der Waals surface area contributed by atoms with Gasteiger partial charge in [0, 0.05) is 17.3 Å². The standard InChI is InChI=1S/C29H32N2O5S/c1-17-9-10-20(13-18(17)2)31-37(32,33)21-11-12-25-24(16-21)22-7-6-8-23(22)28(30-25)19-14-26(34-3)29(36-5)27(15-19)35-4/h6-7,9-16,22-23,28,30-31H,8H2,1-5H3. The van der Waals surface area contributed by atoms with Crippen LogP contribution in [-0.4, -0.2) is 29.7 Å². The Morgan fingerprint density at radius 1 is 0.892 bits per heavy atom. The summed E-state index contributed by atoms with van der Waals surface area (Å²) in [6, 6.07) is 14.8. The van der Waals surface area contributed by atoms with E-state index < -0.39 is 10.0 Å². The molecule has 194 valence electrons. The molecule has 0 saturated heterocycles. The van der Waals surface area contributed by atoms with E-state index in [-0.39, 0.29) is 22.8 Å². The van der Waals surface area contributed by atoms with Crippen molar-refractivity contribution in [1.29, 1.82) is 0 Å². The van der Waals surface area contributed by atoms with Crippen molar-refractivity contribution in [2.45, 2.75) is 37.1 Å². The second-order valence-corrected chi connectivity index (χ2v) is 11.3. The molecular formula is C29H32N2O5S. The highest BCUT2D eigenvalue weighted by molar-refractivity contribution is 7.92. The number of fused-ring (bicyclic) bond motifs is 3. The predicted molar refractivity (Wildman–Crippen MR) is 146 cm³/mol. The van der Waals surface area contributed by atoms with Crippen LogP contribution in [0.5, 0.6) is 17.2 Å². The van der Waals surface area contributed by atoms with Crippen LogP contribution in [0.2, 0.25) is 0 Å². The van der Waals surface area contributed by atoms with E-state index in [1.165, 1.54) is 0 Å². The minimum absolute atomic E-state index is 0.0164. The number of ether oxygens (including phenoxy) is 3. The topological polar surface area (TPSA) is 85.9 Å². The molecule has 0 aromatic heterocycles. The molecule has 5 rings (SSSR count). The Morgan fingerprint density at radius 2 is 1.62 bits per heavy atom. The van der Waals surface area contributed by atoms with Crippen LogP contribution in [0, 0.1) is 19.8 Å². The number of hydrogen-bond donors (Lipinski definition) is 2. The van der Waals surface area contributed by atoms with Gasteiger partial charge in [-0.1, -0.05) is 18.2 Å². The molecule has 1 aliphatic carbocycles. The summed E-state index contributed by atoms with van der Waals surface area (Å²) in [5.41, 5.74) is 5.62. The first-order chi connectivity index (χ1) is 17.7. The number of aryl methyl sites for hydroxylation is 2. The monoisotopic (exact) mass is 520 g/mol. The van der Waals surface area contributed by atoms with Gasteiger partial charge in [0.1, 0.15) is 0 Å². The van der Waals surface area contributed by atoms with E-state index >= 15 is 0 Å². The molecule has 37 heavy (non-hydrogen) atoms. The van der Waals surface area contributed by atoms with E-state index in [0.29, 0.717) is 22.9 Å². The highest BCUT2D eigenvalue weighted by atomic mass is 32.2. The maximum absolute atomic E-state index is 13.3. The smallest absolute Gasteiger partial charge is 0.261 e. The SMILES string of the molecule is COc1cc(C2Nc3ccc(S(=O)(=O)Nc4ccc(C)c(C)c4)cc3C3C=CCC32)cc(OC)c1OC. The molecule has 1 aliphatic heterocycles. The first-order valence-corrected chi connectivity index (χ1v) is 13.7. The van der Waals surface area contributed by atoms with Gasteiger partial charge >= 0.3 is 0 Å². The zero-order valence-electron chi connectivity index (χ0n) is 21.7. The van der Waals surface area contributed by atoms with Crippen LogP contribution < -0.4 is 24.2 Å². The van der Waals surface area contributed by atoms with Gasteiger partial charge in [0.05, 0.1) is 32.3 Å². The van der Waals surface area contributed by atoms with Gasteiger partial charge in [-0.05, 0) is 90.9 Å². The number of sulfonamides is 1. The van der Waals surface area contributed by atoms with Gasteiger partial charge in [-0.3, -0.25) is 4.72 Å². The third-order valence-corrected chi connectivity index (χ3v) is 8.83. The zero-order chi connectivity index (χ0) is 26.3. The molecule has 0 amide bonds. The van der Waals surface area contributed by atoms with Crippen LogP contribution in [0.1, 0.15) is 40.6 Å². The summed E-state index contributed by atoms with van der Waals surface area (Å²) in [6.45, 7) is 3.97. The van der Waals surface area contributed by atoms with Gasteiger partial charge in [-0.15, -0.1) is 0 Å². The molecule has 3 aromatic rings. The fourth-order valence-electron chi connectivity index (χ4n) is 5.37.